The first-order valence-corrected chi connectivity index (χ1v) is 12.1. The highest BCUT2D eigenvalue weighted by atomic mass is 32.1. The Balaban J connectivity index is 1.52. The van der Waals surface area contributed by atoms with Gasteiger partial charge in [-0.2, -0.15) is 0 Å². The first-order chi connectivity index (χ1) is 16.9. The molecule has 2 heterocycles. The van der Waals surface area contributed by atoms with Crippen LogP contribution in [0.25, 0.3) is 10.2 Å². The van der Waals surface area contributed by atoms with E-state index in [9.17, 15) is 14.4 Å². The Morgan fingerprint density at radius 2 is 1.69 bits per heavy atom. The maximum atomic E-state index is 13.1. The van der Waals surface area contributed by atoms with Gasteiger partial charge >= 0.3 is 0 Å². The van der Waals surface area contributed by atoms with Gasteiger partial charge in [0.25, 0.3) is 11.5 Å². The Labute approximate surface area is 206 Å². The molecule has 9 heteroatoms. The van der Waals surface area contributed by atoms with E-state index in [0.29, 0.717) is 45.2 Å². The van der Waals surface area contributed by atoms with Crippen LogP contribution in [0.2, 0.25) is 0 Å². The molecule has 0 unspecified atom stereocenters. The van der Waals surface area contributed by atoms with Gasteiger partial charge in [-0.15, -0.1) is 11.3 Å². The molecule has 0 spiro atoms. The van der Waals surface area contributed by atoms with Crippen molar-refractivity contribution in [2.24, 2.45) is 0 Å². The zero-order valence-corrected chi connectivity index (χ0v) is 20.6. The summed E-state index contributed by atoms with van der Waals surface area (Å²) >= 11 is 1.16. The number of amides is 2. The van der Waals surface area contributed by atoms with Crippen LogP contribution >= 0.6 is 11.3 Å². The Morgan fingerprint density at radius 3 is 2.34 bits per heavy atom. The van der Waals surface area contributed by atoms with E-state index in [4.69, 9.17) is 4.74 Å². The van der Waals surface area contributed by atoms with Gasteiger partial charge in [0.1, 0.15) is 22.9 Å². The largest absolute Gasteiger partial charge is 0.457 e. The lowest BCUT2D eigenvalue weighted by atomic mass is 10.2. The first kappa shape index (κ1) is 24.2. The second-order valence-corrected chi connectivity index (χ2v) is 8.87. The Morgan fingerprint density at radius 1 is 1.03 bits per heavy atom. The van der Waals surface area contributed by atoms with Crippen molar-refractivity contribution in [2.75, 3.05) is 18.4 Å². The lowest BCUT2D eigenvalue weighted by Gasteiger charge is -2.18. The fourth-order valence-electron chi connectivity index (χ4n) is 3.73. The summed E-state index contributed by atoms with van der Waals surface area (Å²) in [7, 11) is 0. The molecule has 0 aliphatic rings. The molecule has 35 heavy (non-hydrogen) atoms. The van der Waals surface area contributed by atoms with Crippen LogP contribution < -0.4 is 15.6 Å². The van der Waals surface area contributed by atoms with Gasteiger partial charge in [0.2, 0.25) is 5.91 Å². The monoisotopic (exact) mass is 490 g/mol. The van der Waals surface area contributed by atoms with Crippen molar-refractivity contribution in [1.29, 1.82) is 0 Å². The molecule has 0 fully saturated rings. The minimum Gasteiger partial charge on any atom is -0.457 e. The first-order valence-electron chi connectivity index (χ1n) is 11.3. The van der Waals surface area contributed by atoms with E-state index < -0.39 is 0 Å². The van der Waals surface area contributed by atoms with E-state index in [2.05, 4.69) is 10.3 Å². The number of hydrogen-bond donors (Lipinski definition) is 1. The number of rotatable bonds is 8. The van der Waals surface area contributed by atoms with Gasteiger partial charge in [-0.3, -0.25) is 19.0 Å². The van der Waals surface area contributed by atoms with Gasteiger partial charge in [0.05, 0.1) is 16.6 Å². The van der Waals surface area contributed by atoms with Crippen molar-refractivity contribution in [3.8, 4) is 11.5 Å². The van der Waals surface area contributed by atoms with Crippen molar-refractivity contribution in [2.45, 2.75) is 27.3 Å². The third-order valence-corrected chi connectivity index (χ3v) is 6.83. The van der Waals surface area contributed by atoms with E-state index in [0.717, 1.165) is 17.1 Å². The second kappa shape index (κ2) is 10.5. The SMILES string of the molecule is CCN(CC)C(=O)Cn1cnc2sc(C(=O)Nc3ccc(Oc4ccccc4)cc3)c(C)c2c1=O. The van der Waals surface area contributed by atoms with E-state index in [1.54, 1.807) is 36.1 Å². The number of hydrogen-bond acceptors (Lipinski definition) is 6. The number of fused-ring (bicyclic) bond motifs is 1. The molecule has 8 nitrogen and oxygen atoms in total. The van der Waals surface area contributed by atoms with Crippen LogP contribution in [-0.2, 0) is 11.3 Å². The third kappa shape index (κ3) is 5.25. The number of anilines is 1. The average Bonchev–Trinajstić information content (AvgIpc) is 3.20. The summed E-state index contributed by atoms with van der Waals surface area (Å²) in [6.45, 7) is 6.57. The summed E-state index contributed by atoms with van der Waals surface area (Å²) in [6, 6.07) is 16.5. The number of ether oxygens (including phenoxy) is 1. The van der Waals surface area contributed by atoms with Gasteiger partial charge in [-0.25, -0.2) is 4.98 Å². The Hall–Kier alpha value is -3.98. The zero-order chi connectivity index (χ0) is 24.9. The van der Waals surface area contributed by atoms with Crippen LogP contribution in [0.5, 0.6) is 11.5 Å². The van der Waals surface area contributed by atoms with Crippen LogP contribution in [0.3, 0.4) is 0 Å². The Bertz CT molecular complexity index is 1410. The third-order valence-electron chi connectivity index (χ3n) is 5.64. The number of aryl methyl sites for hydroxylation is 1. The number of carbonyl (C=O) groups is 2. The van der Waals surface area contributed by atoms with Crippen molar-refractivity contribution in [3.63, 3.8) is 0 Å². The van der Waals surface area contributed by atoms with Crippen molar-refractivity contribution >= 4 is 39.1 Å². The molecule has 180 valence electrons. The fraction of sp³-hybridized carbons (Fsp3) is 0.231. The van der Waals surface area contributed by atoms with Crippen LogP contribution in [0.1, 0.15) is 29.1 Å². The summed E-state index contributed by atoms with van der Waals surface area (Å²) in [4.78, 5) is 45.4. The number of benzene rings is 2. The van der Waals surface area contributed by atoms with Gasteiger partial charge < -0.3 is 15.0 Å². The van der Waals surface area contributed by atoms with Crippen LogP contribution in [0, 0.1) is 6.92 Å². The van der Waals surface area contributed by atoms with Gasteiger partial charge in [-0.1, -0.05) is 18.2 Å². The molecular formula is C26H26N4O4S. The van der Waals surface area contributed by atoms with E-state index in [1.165, 1.54) is 10.9 Å². The number of aromatic nitrogens is 2. The molecule has 0 saturated carbocycles. The highest BCUT2D eigenvalue weighted by Crippen LogP contribution is 2.28. The standard InChI is InChI=1S/C26H26N4O4S/c1-4-29(5-2)21(31)15-30-16-27-25-22(26(30)33)17(3)23(35-25)24(32)28-18-11-13-20(14-12-18)34-19-9-7-6-8-10-19/h6-14,16H,4-5,15H2,1-3H3,(H,28,32). The number of thiophene rings is 1. The second-order valence-electron chi connectivity index (χ2n) is 7.87. The van der Waals surface area contributed by atoms with Crippen LogP contribution in [-0.4, -0.2) is 39.4 Å². The molecule has 0 bridgehead atoms. The minimum atomic E-state index is -0.328. The summed E-state index contributed by atoms with van der Waals surface area (Å²) in [5.74, 6) is 0.898. The molecule has 2 aromatic carbocycles. The number of para-hydroxylation sites is 1. The molecule has 4 rings (SSSR count). The molecular weight excluding hydrogens is 464 g/mol. The summed E-state index contributed by atoms with van der Waals surface area (Å²) in [5, 5.41) is 3.23. The maximum Gasteiger partial charge on any atom is 0.266 e. The summed E-state index contributed by atoms with van der Waals surface area (Å²) in [5.41, 5.74) is 0.821. The maximum absolute atomic E-state index is 13.1. The molecule has 0 saturated heterocycles. The predicted molar refractivity (Wildman–Crippen MR) is 137 cm³/mol. The van der Waals surface area contributed by atoms with E-state index in [-0.39, 0.29) is 23.9 Å². The minimum absolute atomic E-state index is 0.0856. The van der Waals surface area contributed by atoms with E-state index >= 15 is 0 Å². The fourth-order valence-corrected chi connectivity index (χ4v) is 4.76. The average molecular weight is 491 g/mol. The van der Waals surface area contributed by atoms with Crippen molar-refractivity contribution in [1.82, 2.24) is 14.5 Å². The normalized spacial score (nSPS) is 10.8. The molecule has 0 aliphatic carbocycles. The van der Waals surface area contributed by atoms with Gasteiger partial charge in [-0.05, 0) is 62.7 Å². The summed E-state index contributed by atoms with van der Waals surface area (Å²) in [6.07, 6.45) is 1.37. The lowest BCUT2D eigenvalue weighted by molar-refractivity contribution is -0.131. The molecule has 0 radical (unpaired) electrons. The quantitative estimate of drug-likeness (QED) is 0.387. The van der Waals surface area contributed by atoms with E-state index in [1.807, 2.05) is 44.2 Å². The number of nitrogens with one attached hydrogen (secondary N) is 1. The number of carbonyl (C=O) groups excluding carboxylic acids is 2. The molecule has 4 aromatic rings. The van der Waals surface area contributed by atoms with Crippen LogP contribution in [0.15, 0.2) is 65.7 Å². The number of likely N-dealkylation sites (N-methyl/N-ethyl adjacent to an activating group) is 1. The van der Waals surface area contributed by atoms with Crippen molar-refractivity contribution < 1.29 is 14.3 Å². The number of nitrogens with zero attached hydrogens (tertiary/aromatic N) is 3. The summed E-state index contributed by atoms with van der Waals surface area (Å²) < 4.78 is 7.08. The van der Waals surface area contributed by atoms with Gasteiger partial charge in [0.15, 0.2) is 0 Å². The molecule has 2 aromatic heterocycles. The highest BCUT2D eigenvalue weighted by Gasteiger charge is 2.21. The molecule has 1 N–H and O–H groups in total. The highest BCUT2D eigenvalue weighted by molar-refractivity contribution is 7.20. The molecule has 0 atom stereocenters. The zero-order valence-electron chi connectivity index (χ0n) is 19.8. The Kier molecular flexibility index (Phi) is 7.26. The smallest absolute Gasteiger partial charge is 0.266 e. The van der Waals surface area contributed by atoms with Crippen molar-refractivity contribution in [3.05, 3.63) is 81.7 Å². The molecule has 0 aliphatic heterocycles. The van der Waals surface area contributed by atoms with Crippen LogP contribution in [0.4, 0.5) is 5.69 Å². The van der Waals surface area contributed by atoms with Gasteiger partial charge in [0, 0.05) is 18.8 Å². The molecule has 2 amide bonds. The lowest BCUT2D eigenvalue weighted by Crippen LogP contribution is -2.36. The topological polar surface area (TPSA) is 93.5 Å². The predicted octanol–water partition coefficient (Wildman–Crippen LogP) is 4.68.